The highest BCUT2D eigenvalue weighted by molar-refractivity contribution is 6.67. The van der Waals surface area contributed by atoms with Gasteiger partial charge in [-0.05, 0) is 39.9 Å². The number of hydrogen-bond acceptors (Lipinski definition) is 2. The maximum absolute atomic E-state index is 14.2. The summed E-state index contributed by atoms with van der Waals surface area (Å²) in [5, 5.41) is 12.2. The van der Waals surface area contributed by atoms with Crippen molar-refractivity contribution < 1.29 is 4.39 Å². The number of hydrogen-bond donors (Lipinski definition) is 1. The molecule has 0 spiro atoms. The number of alkyl halides is 1. The van der Waals surface area contributed by atoms with Gasteiger partial charge in [-0.15, -0.1) is 0 Å². The average Bonchev–Trinajstić information content (AvgIpc) is 2.08. The molecular formula is C11H20BFN2. The van der Waals surface area contributed by atoms with E-state index >= 15 is 0 Å². The lowest BCUT2D eigenvalue weighted by Crippen LogP contribution is -2.64. The minimum atomic E-state index is -0.958. The molecule has 1 saturated heterocycles. The molecule has 0 radical (unpaired) electrons. The van der Waals surface area contributed by atoms with Crippen molar-refractivity contribution in [1.82, 2.24) is 5.32 Å². The van der Waals surface area contributed by atoms with Crippen LogP contribution in [0.5, 0.6) is 0 Å². The summed E-state index contributed by atoms with van der Waals surface area (Å²) in [5.74, 6) is 2.01. The van der Waals surface area contributed by atoms with Crippen molar-refractivity contribution >= 4 is 6.71 Å². The van der Waals surface area contributed by atoms with Gasteiger partial charge < -0.3 is 5.32 Å². The van der Waals surface area contributed by atoms with Crippen molar-refractivity contribution in [3.63, 3.8) is 0 Å². The second-order valence-corrected chi connectivity index (χ2v) is 5.92. The predicted molar refractivity (Wildman–Crippen MR) is 61.8 cm³/mol. The first-order valence-corrected chi connectivity index (χ1v) is 5.52. The summed E-state index contributed by atoms with van der Waals surface area (Å²) in [5.41, 5.74) is -0.639. The Kier molecular flexibility index (Phi) is 3.16. The van der Waals surface area contributed by atoms with Gasteiger partial charge in [-0.2, -0.15) is 0 Å². The van der Waals surface area contributed by atoms with Crippen LogP contribution in [0.4, 0.5) is 4.39 Å². The van der Waals surface area contributed by atoms with Crippen LogP contribution >= 0.6 is 0 Å². The standard InChI is InChI=1S/C11H20BFN2/c1-10(2)6-8(12(5)7-14)9(13)11(3,4)15-10/h8-9,15H,6H2,1-5H3. The third-order valence-corrected chi connectivity index (χ3v) is 3.32. The minimum absolute atomic E-state index is 0.0954. The zero-order valence-corrected chi connectivity index (χ0v) is 10.3. The first-order chi connectivity index (χ1) is 6.69. The molecule has 1 fully saturated rings. The van der Waals surface area contributed by atoms with Gasteiger partial charge in [0, 0.05) is 17.0 Å². The molecule has 0 aromatic heterocycles. The van der Waals surface area contributed by atoms with E-state index in [1.807, 2.05) is 20.7 Å². The fourth-order valence-electron chi connectivity index (χ4n) is 2.75. The largest absolute Gasteiger partial charge is 0.304 e. The molecule has 1 N–H and O–H groups in total. The topological polar surface area (TPSA) is 35.8 Å². The Balaban J connectivity index is 2.94. The van der Waals surface area contributed by atoms with Crippen LogP contribution in [0.3, 0.4) is 0 Å². The second kappa shape index (κ2) is 3.79. The minimum Gasteiger partial charge on any atom is -0.304 e. The van der Waals surface area contributed by atoms with Crippen LogP contribution in [0.15, 0.2) is 0 Å². The molecule has 0 saturated carbocycles. The van der Waals surface area contributed by atoms with Gasteiger partial charge in [0.15, 0.2) is 0 Å². The summed E-state index contributed by atoms with van der Waals surface area (Å²) < 4.78 is 14.2. The van der Waals surface area contributed by atoms with Crippen molar-refractivity contribution in [3.8, 4) is 5.97 Å². The molecule has 2 unspecified atom stereocenters. The second-order valence-electron chi connectivity index (χ2n) is 5.92. The molecule has 1 heterocycles. The lowest BCUT2D eigenvalue weighted by atomic mass is 9.39. The summed E-state index contributed by atoms with van der Waals surface area (Å²) in [6.45, 7) is 9.47. The highest BCUT2D eigenvalue weighted by Gasteiger charge is 2.48. The van der Waals surface area contributed by atoms with Crippen molar-refractivity contribution in [2.24, 2.45) is 0 Å². The molecule has 1 aliphatic heterocycles. The third-order valence-electron chi connectivity index (χ3n) is 3.32. The zero-order chi connectivity index (χ0) is 11.9. The summed E-state index contributed by atoms with van der Waals surface area (Å²) in [4.78, 5) is 0. The van der Waals surface area contributed by atoms with Crippen LogP contribution in [0.2, 0.25) is 12.6 Å². The van der Waals surface area contributed by atoms with E-state index in [0.717, 1.165) is 0 Å². The molecule has 0 aromatic rings. The smallest absolute Gasteiger partial charge is 0.270 e. The van der Waals surface area contributed by atoms with Gasteiger partial charge in [0.25, 0.3) is 6.71 Å². The molecular weight excluding hydrogens is 190 g/mol. The Morgan fingerprint density at radius 1 is 1.40 bits per heavy atom. The predicted octanol–water partition coefficient (Wildman–Crippen LogP) is 2.43. The van der Waals surface area contributed by atoms with Gasteiger partial charge >= 0.3 is 0 Å². The van der Waals surface area contributed by atoms with Crippen LogP contribution in [0.1, 0.15) is 34.1 Å². The molecule has 2 nitrogen and oxygen atoms in total. The van der Waals surface area contributed by atoms with Crippen molar-refractivity contribution in [1.29, 1.82) is 5.26 Å². The maximum Gasteiger partial charge on any atom is 0.270 e. The van der Waals surface area contributed by atoms with Gasteiger partial charge in [-0.25, -0.2) is 9.65 Å². The Hall–Kier alpha value is -0.555. The number of rotatable bonds is 1. The summed E-state index contributed by atoms with van der Waals surface area (Å²) in [7, 11) is 0. The number of nitriles is 1. The van der Waals surface area contributed by atoms with Gasteiger partial charge in [0.2, 0.25) is 0 Å². The Bertz CT molecular complexity index is 283. The first-order valence-electron chi connectivity index (χ1n) is 5.52. The molecule has 0 aliphatic carbocycles. The molecule has 1 rings (SSSR count). The molecule has 2 atom stereocenters. The van der Waals surface area contributed by atoms with Crippen molar-refractivity contribution in [2.45, 2.75) is 64.0 Å². The van der Waals surface area contributed by atoms with Crippen LogP contribution in [-0.2, 0) is 0 Å². The summed E-state index contributed by atoms with van der Waals surface area (Å²) in [6.07, 6.45) is -0.244. The van der Waals surface area contributed by atoms with E-state index in [-0.39, 0.29) is 18.1 Å². The highest BCUT2D eigenvalue weighted by Crippen LogP contribution is 2.40. The lowest BCUT2D eigenvalue weighted by molar-refractivity contribution is 0.0770. The first kappa shape index (κ1) is 12.5. The normalized spacial score (nSPS) is 33.1. The zero-order valence-electron chi connectivity index (χ0n) is 10.3. The van der Waals surface area contributed by atoms with E-state index in [1.165, 1.54) is 0 Å². The molecule has 15 heavy (non-hydrogen) atoms. The molecule has 0 bridgehead atoms. The monoisotopic (exact) mass is 210 g/mol. The molecule has 4 heteroatoms. The van der Waals surface area contributed by atoms with E-state index in [9.17, 15) is 4.39 Å². The van der Waals surface area contributed by atoms with Crippen LogP contribution in [-0.4, -0.2) is 24.0 Å². The van der Waals surface area contributed by atoms with Crippen molar-refractivity contribution in [2.75, 3.05) is 0 Å². The average molecular weight is 210 g/mol. The molecule has 0 aromatic carbocycles. The van der Waals surface area contributed by atoms with Crippen LogP contribution < -0.4 is 5.32 Å². The highest BCUT2D eigenvalue weighted by atomic mass is 19.1. The van der Waals surface area contributed by atoms with Gasteiger partial charge in [0.1, 0.15) is 6.17 Å². The fraction of sp³-hybridized carbons (Fsp3) is 0.909. The lowest BCUT2D eigenvalue weighted by Gasteiger charge is -2.49. The SMILES string of the molecule is CB(C#N)C1CC(C)(C)NC(C)(C)C1F. The Morgan fingerprint density at radius 3 is 2.40 bits per heavy atom. The Morgan fingerprint density at radius 2 is 1.93 bits per heavy atom. The van der Waals surface area contributed by atoms with E-state index in [4.69, 9.17) is 5.26 Å². The number of piperidine rings is 1. The van der Waals surface area contributed by atoms with Gasteiger partial charge in [-0.3, -0.25) is 0 Å². The number of halogens is 1. The summed E-state index contributed by atoms with van der Waals surface area (Å²) >= 11 is 0. The fourth-order valence-corrected chi connectivity index (χ4v) is 2.75. The van der Waals surface area contributed by atoms with E-state index in [0.29, 0.717) is 6.42 Å². The Labute approximate surface area is 92.3 Å². The number of nitrogens with zero attached hydrogens (tertiary/aromatic N) is 1. The van der Waals surface area contributed by atoms with Crippen LogP contribution in [0, 0.1) is 11.2 Å². The van der Waals surface area contributed by atoms with Crippen molar-refractivity contribution in [3.05, 3.63) is 0 Å². The quantitative estimate of drug-likeness (QED) is 0.674. The number of nitrogens with one attached hydrogen (secondary N) is 1. The third kappa shape index (κ3) is 2.52. The van der Waals surface area contributed by atoms with Crippen LogP contribution in [0.25, 0.3) is 0 Å². The summed E-state index contributed by atoms with van der Waals surface area (Å²) in [6, 6.07) is 0. The van der Waals surface area contributed by atoms with E-state index in [2.05, 4.69) is 25.1 Å². The van der Waals surface area contributed by atoms with Gasteiger partial charge in [0.05, 0.1) is 0 Å². The van der Waals surface area contributed by atoms with E-state index < -0.39 is 11.7 Å². The molecule has 84 valence electrons. The molecule has 0 amide bonds. The maximum atomic E-state index is 14.2. The van der Waals surface area contributed by atoms with Gasteiger partial charge in [-0.1, -0.05) is 6.82 Å². The molecule has 1 aliphatic rings. The van der Waals surface area contributed by atoms with E-state index in [1.54, 1.807) is 0 Å².